The molecule has 4 aromatic rings. The second kappa shape index (κ2) is 8.42. The summed E-state index contributed by atoms with van der Waals surface area (Å²) in [6.45, 7) is 0.120. The first-order chi connectivity index (χ1) is 16.3. The van der Waals surface area contributed by atoms with E-state index in [4.69, 9.17) is 21.1 Å². The molecule has 0 aliphatic carbocycles. The molecule has 34 heavy (non-hydrogen) atoms. The second-order valence-corrected chi connectivity index (χ2v) is 7.78. The number of hydrogen-bond acceptors (Lipinski definition) is 4. The maximum absolute atomic E-state index is 13.4. The van der Waals surface area contributed by atoms with Crippen LogP contribution in [0.15, 0.2) is 72.8 Å². The molecule has 0 saturated carbocycles. The molecule has 174 valence electrons. The van der Waals surface area contributed by atoms with Crippen molar-refractivity contribution < 1.29 is 28.9 Å². The number of ether oxygens (including phenoxy) is 2. The fourth-order valence-electron chi connectivity index (χ4n) is 3.50. The normalized spacial score (nSPS) is 12.6. The summed E-state index contributed by atoms with van der Waals surface area (Å²) in [6.07, 6.45) is -4.63. The summed E-state index contributed by atoms with van der Waals surface area (Å²) in [7, 11) is 0. The number of amides is 1. The molecule has 3 aromatic carbocycles. The zero-order valence-electron chi connectivity index (χ0n) is 17.3. The molecule has 1 amide bonds. The van der Waals surface area contributed by atoms with Gasteiger partial charge in [0.2, 0.25) is 6.79 Å². The van der Waals surface area contributed by atoms with E-state index in [0.29, 0.717) is 34.0 Å². The molecule has 1 aromatic heterocycles. The maximum atomic E-state index is 13.4. The van der Waals surface area contributed by atoms with Crippen LogP contribution in [0.25, 0.3) is 16.9 Å². The molecule has 2 heterocycles. The molecular weight excluding hydrogens is 471 g/mol. The summed E-state index contributed by atoms with van der Waals surface area (Å²) in [5, 5.41) is 6.74. The smallest absolute Gasteiger partial charge is 0.435 e. The predicted octanol–water partition coefficient (Wildman–Crippen LogP) is 6.44. The molecule has 5 rings (SSSR count). The van der Waals surface area contributed by atoms with Gasteiger partial charge in [0.15, 0.2) is 17.2 Å². The highest BCUT2D eigenvalue weighted by atomic mass is 35.5. The first-order valence-corrected chi connectivity index (χ1v) is 10.4. The third-order valence-corrected chi connectivity index (χ3v) is 5.47. The van der Waals surface area contributed by atoms with Crippen molar-refractivity contribution in [2.45, 2.75) is 6.18 Å². The fourth-order valence-corrected chi connectivity index (χ4v) is 3.72. The van der Waals surface area contributed by atoms with Crippen molar-refractivity contribution in [1.82, 2.24) is 9.78 Å². The maximum Gasteiger partial charge on any atom is 0.435 e. The van der Waals surface area contributed by atoms with Crippen LogP contribution in [0, 0.1) is 0 Å². The Hall–Kier alpha value is -3.98. The average Bonchev–Trinajstić information content (AvgIpc) is 3.46. The van der Waals surface area contributed by atoms with Crippen LogP contribution in [-0.2, 0) is 6.18 Å². The first-order valence-electron chi connectivity index (χ1n) is 10.0. The van der Waals surface area contributed by atoms with Crippen LogP contribution in [0.4, 0.5) is 18.9 Å². The molecule has 10 heteroatoms. The van der Waals surface area contributed by atoms with Gasteiger partial charge in [0, 0.05) is 24.3 Å². The van der Waals surface area contributed by atoms with Crippen molar-refractivity contribution in [1.29, 1.82) is 0 Å². The number of benzene rings is 3. The van der Waals surface area contributed by atoms with Crippen LogP contribution in [0.1, 0.15) is 17.5 Å². The molecular formula is C24H17ClF3N3O3. The lowest BCUT2D eigenvalue weighted by Crippen LogP contribution is -2.11. The Morgan fingerprint density at radius 3 is 2.47 bits per heavy atom. The van der Waals surface area contributed by atoms with Gasteiger partial charge in [-0.3, -0.25) is 4.79 Å². The van der Waals surface area contributed by atoms with Crippen molar-refractivity contribution in [3.8, 4) is 28.4 Å². The van der Waals surface area contributed by atoms with Gasteiger partial charge in [0.1, 0.15) is 0 Å². The van der Waals surface area contributed by atoms with E-state index in [1.54, 1.807) is 54.6 Å². The molecule has 0 saturated heterocycles. The lowest BCUT2D eigenvalue weighted by atomic mass is 10.1. The van der Waals surface area contributed by atoms with E-state index in [0.717, 1.165) is 10.7 Å². The number of fused-ring (bicyclic) bond motifs is 1. The SMILES string of the molecule is O=C(Nc1ccc2c(c1)OCO2)c1ccc(-c2cc(C(F)(F)F)nn2-c2ccccc2Cl)cc1.[HH]. The molecule has 0 bridgehead atoms. The lowest BCUT2D eigenvalue weighted by molar-refractivity contribution is -0.141. The molecule has 0 spiro atoms. The summed E-state index contributed by atoms with van der Waals surface area (Å²) in [4.78, 5) is 12.7. The largest absolute Gasteiger partial charge is 0.454 e. The van der Waals surface area contributed by atoms with Crippen LogP contribution in [0.5, 0.6) is 11.5 Å². The molecule has 6 nitrogen and oxygen atoms in total. The summed E-state index contributed by atoms with van der Waals surface area (Å²) < 4.78 is 51.9. The summed E-state index contributed by atoms with van der Waals surface area (Å²) in [5.41, 5.74) is 0.711. The Bertz CT molecular complexity index is 1390. The quantitative estimate of drug-likeness (QED) is 0.360. The number of nitrogens with zero attached hydrogens (tertiary/aromatic N) is 2. The monoisotopic (exact) mass is 487 g/mol. The minimum Gasteiger partial charge on any atom is -0.454 e. The molecule has 1 aliphatic heterocycles. The fraction of sp³-hybridized carbons (Fsp3) is 0.0833. The number of halogens is 4. The highest BCUT2D eigenvalue weighted by molar-refractivity contribution is 6.32. The number of carbonyl (C=O) groups excluding carboxylic acids is 1. The molecule has 0 fully saturated rings. The van der Waals surface area contributed by atoms with E-state index in [-0.39, 0.29) is 24.8 Å². The third kappa shape index (κ3) is 4.17. The van der Waals surface area contributed by atoms with Crippen LogP contribution in [0.2, 0.25) is 5.02 Å². The van der Waals surface area contributed by atoms with Crippen LogP contribution in [0.3, 0.4) is 0 Å². The van der Waals surface area contributed by atoms with E-state index in [1.807, 2.05) is 0 Å². The number of anilines is 1. The number of alkyl halides is 3. The van der Waals surface area contributed by atoms with Crippen LogP contribution in [-0.4, -0.2) is 22.5 Å². The van der Waals surface area contributed by atoms with Gasteiger partial charge in [-0.15, -0.1) is 0 Å². The Kier molecular flexibility index (Phi) is 5.41. The third-order valence-electron chi connectivity index (χ3n) is 5.15. The molecule has 1 N–H and O–H groups in total. The average molecular weight is 488 g/mol. The minimum absolute atomic E-state index is 0. The predicted molar refractivity (Wildman–Crippen MR) is 122 cm³/mol. The topological polar surface area (TPSA) is 65.4 Å². The van der Waals surface area contributed by atoms with E-state index >= 15 is 0 Å². The van der Waals surface area contributed by atoms with Gasteiger partial charge in [-0.2, -0.15) is 18.3 Å². The van der Waals surface area contributed by atoms with Crippen molar-refractivity contribution >= 4 is 23.2 Å². The van der Waals surface area contributed by atoms with Crippen LogP contribution < -0.4 is 14.8 Å². The van der Waals surface area contributed by atoms with Crippen molar-refractivity contribution in [3.05, 3.63) is 89.1 Å². The van der Waals surface area contributed by atoms with E-state index in [2.05, 4.69) is 10.4 Å². The highest BCUT2D eigenvalue weighted by Crippen LogP contribution is 2.36. The zero-order chi connectivity index (χ0) is 23.9. The number of carbonyl (C=O) groups is 1. The number of aromatic nitrogens is 2. The summed E-state index contributed by atoms with van der Waals surface area (Å²) in [5.74, 6) is 0.734. The Morgan fingerprint density at radius 1 is 1.00 bits per heavy atom. The summed E-state index contributed by atoms with van der Waals surface area (Å²) in [6, 6.07) is 18.6. The number of rotatable bonds is 4. The number of nitrogens with one attached hydrogen (secondary N) is 1. The standard InChI is InChI=1S/C24H15ClF3N3O3.H2/c25-17-3-1-2-4-18(17)31-19(12-22(30-31)24(26,27)28)14-5-7-15(8-6-14)23(32)29-16-9-10-20-21(11-16)34-13-33-20;/h1-12H,13H2,(H,29,32);1H. The van der Waals surface area contributed by atoms with E-state index < -0.39 is 11.9 Å². The molecule has 0 atom stereocenters. The van der Waals surface area contributed by atoms with Gasteiger partial charge in [-0.1, -0.05) is 35.9 Å². The molecule has 1 aliphatic rings. The minimum atomic E-state index is -4.63. The lowest BCUT2D eigenvalue weighted by Gasteiger charge is -2.10. The van der Waals surface area contributed by atoms with Crippen molar-refractivity contribution in [2.75, 3.05) is 12.1 Å². The second-order valence-electron chi connectivity index (χ2n) is 7.38. The Balaban J connectivity index is 0.00000289. The molecule has 0 radical (unpaired) electrons. The van der Waals surface area contributed by atoms with Crippen molar-refractivity contribution in [2.24, 2.45) is 0 Å². The summed E-state index contributed by atoms with van der Waals surface area (Å²) >= 11 is 6.21. The number of hydrogen-bond donors (Lipinski definition) is 1. The van der Waals surface area contributed by atoms with Crippen molar-refractivity contribution in [3.63, 3.8) is 0 Å². The van der Waals surface area contributed by atoms with Gasteiger partial charge >= 0.3 is 6.18 Å². The van der Waals surface area contributed by atoms with E-state index in [1.165, 1.54) is 12.1 Å². The molecule has 0 unspecified atom stereocenters. The van der Waals surface area contributed by atoms with Crippen LogP contribution >= 0.6 is 11.6 Å². The highest BCUT2D eigenvalue weighted by Gasteiger charge is 2.35. The Labute approximate surface area is 198 Å². The van der Waals surface area contributed by atoms with Gasteiger partial charge < -0.3 is 14.8 Å². The van der Waals surface area contributed by atoms with Gasteiger partial charge in [-0.25, -0.2) is 4.68 Å². The van der Waals surface area contributed by atoms with Gasteiger partial charge in [0.05, 0.1) is 16.4 Å². The van der Waals surface area contributed by atoms with Gasteiger partial charge in [0.25, 0.3) is 5.91 Å². The first kappa shape index (κ1) is 21.8. The zero-order valence-corrected chi connectivity index (χ0v) is 18.0. The van der Waals surface area contributed by atoms with Gasteiger partial charge in [-0.05, 0) is 42.5 Å². The Morgan fingerprint density at radius 2 is 1.74 bits per heavy atom. The number of para-hydroxylation sites is 1. The van der Waals surface area contributed by atoms with E-state index in [9.17, 15) is 18.0 Å².